The maximum absolute atomic E-state index is 11.8. The number of amides is 1. The minimum atomic E-state index is 0.117. The molecule has 3 nitrogen and oxygen atoms in total. The highest BCUT2D eigenvalue weighted by atomic mass is 32.1. The third-order valence-corrected chi connectivity index (χ3v) is 4.50. The first-order valence-corrected chi connectivity index (χ1v) is 7.72. The fraction of sp³-hybridized carbons (Fsp3) is 0.375. The van der Waals surface area contributed by atoms with Gasteiger partial charge in [0.2, 0.25) is 5.91 Å². The van der Waals surface area contributed by atoms with E-state index in [1.165, 1.54) is 11.1 Å². The lowest BCUT2D eigenvalue weighted by atomic mass is 10.0. The third-order valence-electron chi connectivity index (χ3n) is 3.61. The summed E-state index contributed by atoms with van der Waals surface area (Å²) < 4.78 is 0. The van der Waals surface area contributed by atoms with E-state index in [0.717, 1.165) is 34.1 Å². The van der Waals surface area contributed by atoms with E-state index < -0.39 is 0 Å². The average molecular weight is 286 g/mol. The van der Waals surface area contributed by atoms with Crippen molar-refractivity contribution < 1.29 is 4.79 Å². The molecule has 0 aliphatic heterocycles. The van der Waals surface area contributed by atoms with Crippen LogP contribution in [0.25, 0.3) is 11.3 Å². The molecular weight excluding hydrogens is 268 g/mol. The van der Waals surface area contributed by atoms with E-state index in [0.29, 0.717) is 0 Å². The van der Waals surface area contributed by atoms with Crippen LogP contribution in [0.3, 0.4) is 0 Å². The zero-order valence-corrected chi connectivity index (χ0v) is 12.8. The molecule has 104 valence electrons. The van der Waals surface area contributed by atoms with Gasteiger partial charge in [0.25, 0.3) is 0 Å². The predicted octanol–water partition coefficient (Wildman–Crippen LogP) is 4.08. The Hall–Kier alpha value is -1.68. The second-order valence-corrected chi connectivity index (χ2v) is 6.71. The summed E-state index contributed by atoms with van der Waals surface area (Å²) in [5.41, 5.74) is 4.61. The molecule has 1 saturated carbocycles. The second kappa shape index (κ2) is 5.02. The van der Waals surface area contributed by atoms with Crippen LogP contribution in [0.2, 0.25) is 0 Å². The molecule has 1 amide bonds. The van der Waals surface area contributed by atoms with Crippen molar-refractivity contribution in [1.82, 2.24) is 4.98 Å². The number of carbonyl (C=O) groups excluding carboxylic acids is 1. The van der Waals surface area contributed by atoms with Crippen LogP contribution in [0.5, 0.6) is 0 Å². The van der Waals surface area contributed by atoms with Gasteiger partial charge in [-0.2, -0.15) is 0 Å². The Labute approximate surface area is 123 Å². The number of hydrogen-bond acceptors (Lipinski definition) is 3. The summed E-state index contributed by atoms with van der Waals surface area (Å²) in [6, 6.07) is 6.37. The summed E-state index contributed by atoms with van der Waals surface area (Å²) in [5.74, 6) is 0.328. The van der Waals surface area contributed by atoms with Crippen LogP contribution < -0.4 is 5.32 Å². The smallest absolute Gasteiger partial charge is 0.229 e. The van der Waals surface area contributed by atoms with Gasteiger partial charge in [-0.05, 0) is 39.2 Å². The van der Waals surface area contributed by atoms with Gasteiger partial charge in [-0.25, -0.2) is 4.98 Å². The van der Waals surface area contributed by atoms with Gasteiger partial charge in [0.05, 0.1) is 5.69 Å². The number of thiazole rings is 1. The summed E-state index contributed by atoms with van der Waals surface area (Å²) >= 11 is 1.55. The zero-order chi connectivity index (χ0) is 14.3. The highest BCUT2D eigenvalue weighted by Gasteiger charge is 2.30. The van der Waals surface area contributed by atoms with Crippen molar-refractivity contribution in [1.29, 1.82) is 0 Å². The van der Waals surface area contributed by atoms with Gasteiger partial charge in [0.15, 0.2) is 5.13 Å². The lowest BCUT2D eigenvalue weighted by Gasteiger charge is -2.05. The standard InChI is InChI=1S/C16H18N2OS/c1-9-4-7-13(10(2)8-9)14-11(3)20-16(17-14)18-15(19)12-5-6-12/h4,7-8,12H,5-6H2,1-3H3,(H,17,18,19). The highest BCUT2D eigenvalue weighted by Crippen LogP contribution is 2.34. The van der Waals surface area contributed by atoms with Crippen LogP contribution in [-0.4, -0.2) is 10.9 Å². The highest BCUT2D eigenvalue weighted by molar-refractivity contribution is 7.16. The number of rotatable bonds is 3. The van der Waals surface area contributed by atoms with Crippen LogP contribution >= 0.6 is 11.3 Å². The van der Waals surface area contributed by atoms with Crippen LogP contribution in [0.1, 0.15) is 28.8 Å². The molecule has 3 rings (SSSR count). The molecule has 1 N–H and O–H groups in total. The van der Waals surface area contributed by atoms with Gasteiger partial charge in [0, 0.05) is 16.4 Å². The van der Waals surface area contributed by atoms with E-state index >= 15 is 0 Å². The molecular formula is C16H18N2OS. The van der Waals surface area contributed by atoms with Gasteiger partial charge in [-0.1, -0.05) is 23.8 Å². The molecule has 0 atom stereocenters. The van der Waals surface area contributed by atoms with Gasteiger partial charge in [-0.15, -0.1) is 11.3 Å². The summed E-state index contributed by atoms with van der Waals surface area (Å²) in [6.07, 6.45) is 2.03. The van der Waals surface area contributed by atoms with Crippen molar-refractivity contribution in [3.8, 4) is 11.3 Å². The van der Waals surface area contributed by atoms with Crippen LogP contribution in [0.4, 0.5) is 5.13 Å². The predicted molar refractivity (Wildman–Crippen MR) is 83.1 cm³/mol. The normalized spacial score (nSPS) is 14.3. The van der Waals surface area contributed by atoms with Crippen molar-refractivity contribution in [2.75, 3.05) is 5.32 Å². The Morgan fingerprint density at radius 1 is 1.30 bits per heavy atom. The minimum absolute atomic E-state index is 0.117. The van der Waals surface area contributed by atoms with Gasteiger partial charge in [-0.3, -0.25) is 4.79 Å². The Balaban J connectivity index is 1.89. The molecule has 20 heavy (non-hydrogen) atoms. The SMILES string of the molecule is Cc1ccc(-c2nc(NC(=O)C3CC3)sc2C)c(C)c1. The van der Waals surface area contributed by atoms with E-state index in [2.05, 4.69) is 49.3 Å². The van der Waals surface area contributed by atoms with Gasteiger partial charge >= 0.3 is 0 Å². The molecule has 1 fully saturated rings. The lowest BCUT2D eigenvalue weighted by molar-refractivity contribution is -0.117. The molecule has 0 unspecified atom stereocenters. The molecule has 2 aromatic rings. The first-order valence-electron chi connectivity index (χ1n) is 6.90. The summed E-state index contributed by atoms with van der Waals surface area (Å²) in [7, 11) is 0. The minimum Gasteiger partial charge on any atom is -0.302 e. The Bertz CT molecular complexity index is 671. The number of nitrogens with zero attached hydrogens (tertiary/aromatic N) is 1. The van der Waals surface area contributed by atoms with Crippen molar-refractivity contribution >= 4 is 22.4 Å². The molecule has 1 aliphatic carbocycles. The van der Waals surface area contributed by atoms with Gasteiger partial charge in [0.1, 0.15) is 0 Å². The van der Waals surface area contributed by atoms with E-state index in [4.69, 9.17) is 0 Å². The number of anilines is 1. The third kappa shape index (κ3) is 2.61. The molecule has 1 aromatic heterocycles. The van der Waals surface area contributed by atoms with Gasteiger partial charge < -0.3 is 5.32 Å². The second-order valence-electron chi connectivity index (χ2n) is 5.51. The van der Waals surface area contributed by atoms with E-state index in [1.807, 2.05) is 0 Å². The summed E-state index contributed by atoms with van der Waals surface area (Å²) in [6.45, 7) is 6.24. The summed E-state index contributed by atoms with van der Waals surface area (Å²) in [5, 5.41) is 3.65. The van der Waals surface area contributed by atoms with Crippen molar-refractivity contribution in [2.45, 2.75) is 33.6 Å². The number of nitrogens with one attached hydrogen (secondary N) is 1. The van der Waals surface area contributed by atoms with Crippen molar-refractivity contribution in [3.05, 3.63) is 34.2 Å². The van der Waals surface area contributed by atoms with Crippen LogP contribution in [0.15, 0.2) is 18.2 Å². The molecule has 1 heterocycles. The summed E-state index contributed by atoms with van der Waals surface area (Å²) in [4.78, 5) is 17.5. The number of aromatic nitrogens is 1. The topological polar surface area (TPSA) is 42.0 Å². The maximum atomic E-state index is 11.8. The number of carbonyl (C=O) groups is 1. The monoisotopic (exact) mass is 286 g/mol. The zero-order valence-electron chi connectivity index (χ0n) is 12.0. The molecule has 0 saturated heterocycles. The Morgan fingerprint density at radius 2 is 2.05 bits per heavy atom. The molecule has 0 bridgehead atoms. The van der Waals surface area contributed by atoms with Crippen molar-refractivity contribution in [2.24, 2.45) is 5.92 Å². The Kier molecular flexibility index (Phi) is 3.34. The van der Waals surface area contributed by atoms with Crippen LogP contribution in [-0.2, 0) is 4.79 Å². The van der Waals surface area contributed by atoms with E-state index in [-0.39, 0.29) is 11.8 Å². The Morgan fingerprint density at radius 3 is 2.70 bits per heavy atom. The first kappa shape index (κ1) is 13.3. The van der Waals surface area contributed by atoms with Crippen molar-refractivity contribution in [3.63, 3.8) is 0 Å². The maximum Gasteiger partial charge on any atom is 0.229 e. The van der Waals surface area contributed by atoms with Crippen LogP contribution in [0, 0.1) is 26.7 Å². The molecule has 1 aliphatic rings. The number of aryl methyl sites for hydroxylation is 3. The quantitative estimate of drug-likeness (QED) is 0.923. The molecule has 1 aromatic carbocycles. The number of benzene rings is 1. The van der Waals surface area contributed by atoms with E-state index in [1.54, 1.807) is 11.3 Å². The number of hydrogen-bond donors (Lipinski definition) is 1. The lowest BCUT2D eigenvalue weighted by Crippen LogP contribution is -2.12. The largest absolute Gasteiger partial charge is 0.302 e. The first-order chi connectivity index (χ1) is 9.54. The average Bonchev–Trinajstić information content (AvgIpc) is 3.16. The molecule has 0 spiro atoms. The molecule has 4 heteroatoms. The fourth-order valence-corrected chi connectivity index (χ4v) is 3.16. The molecule has 0 radical (unpaired) electrons. The fourth-order valence-electron chi connectivity index (χ4n) is 2.33. The van der Waals surface area contributed by atoms with E-state index in [9.17, 15) is 4.79 Å².